The van der Waals surface area contributed by atoms with Crippen molar-refractivity contribution in [2.24, 2.45) is 0 Å². The highest BCUT2D eigenvalue weighted by Crippen LogP contribution is 2.42. The summed E-state index contributed by atoms with van der Waals surface area (Å²) >= 11 is 12.0. The van der Waals surface area contributed by atoms with Gasteiger partial charge in [-0.3, -0.25) is 13.7 Å². The van der Waals surface area contributed by atoms with E-state index in [0.717, 1.165) is 17.7 Å². The molecule has 0 fully saturated rings. The van der Waals surface area contributed by atoms with Crippen LogP contribution in [0, 0.1) is 0 Å². The molecule has 0 saturated heterocycles. The standard InChI is InChI=1S/C26H23Cl2N2O6PS/c27-19-14-20(28)16-21(15-19)38(35,36)30(17-37(32,33)34)25-11-5-8-22-23(25)9-4-10-24(22)26(31)29-13-12-18-6-2-1-3-7-18/h1-11,14-16H,12-13,17H2,(H,29,31)(H2,32,33,34). The number of hydrogen-bond donors (Lipinski definition) is 3. The van der Waals surface area contributed by atoms with Crippen molar-refractivity contribution in [1.82, 2.24) is 5.32 Å². The van der Waals surface area contributed by atoms with E-state index in [1.54, 1.807) is 24.3 Å². The third-order valence-electron chi connectivity index (χ3n) is 5.69. The Morgan fingerprint density at radius 2 is 1.50 bits per heavy atom. The van der Waals surface area contributed by atoms with Gasteiger partial charge in [0.05, 0.1) is 10.6 Å². The number of carbonyl (C=O) groups is 1. The second kappa shape index (κ2) is 11.5. The molecule has 0 bridgehead atoms. The van der Waals surface area contributed by atoms with Crippen LogP contribution >= 0.6 is 30.8 Å². The van der Waals surface area contributed by atoms with E-state index >= 15 is 0 Å². The normalized spacial score (nSPS) is 11.9. The summed E-state index contributed by atoms with van der Waals surface area (Å²) in [6.45, 7) is 0.382. The van der Waals surface area contributed by atoms with Crippen molar-refractivity contribution in [3.8, 4) is 0 Å². The summed E-state index contributed by atoms with van der Waals surface area (Å²) in [7, 11) is -9.41. The van der Waals surface area contributed by atoms with E-state index < -0.39 is 23.9 Å². The van der Waals surface area contributed by atoms with Gasteiger partial charge in [-0.05, 0) is 47.7 Å². The maximum absolute atomic E-state index is 13.6. The molecule has 198 valence electrons. The van der Waals surface area contributed by atoms with Crippen LogP contribution < -0.4 is 9.62 Å². The number of fused-ring (bicyclic) bond motifs is 1. The zero-order valence-corrected chi connectivity index (χ0v) is 23.0. The molecule has 0 aliphatic carbocycles. The summed E-state index contributed by atoms with van der Waals surface area (Å²) in [6.07, 6.45) is -0.509. The van der Waals surface area contributed by atoms with Gasteiger partial charge >= 0.3 is 7.60 Å². The topological polar surface area (TPSA) is 124 Å². The maximum Gasteiger partial charge on any atom is 0.345 e. The molecule has 0 aliphatic rings. The molecule has 4 aromatic rings. The van der Waals surface area contributed by atoms with Crippen LogP contribution in [0.3, 0.4) is 0 Å². The molecule has 38 heavy (non-hydrogen) atoms. The highest BCUT2D eigenvalue weighted by molar-refractivity contribution is 7.93. The van der Waals surface area contributed by atoms with Gasteiger partial charge in [0.1, 0.15) is 6.29 Å². The zero-order valence-electron chi connectivity index (χ0n) is 19.8. The third kappa shape index (κ3) is 6.56. The number of anilines is 1. The molecule has 0 aromatic heterocycles. The van der Waals surface area contributed by atoms with E-state index in [4.69, 9.17) is 23.2 Å². The Hall–Kier alpha value is -2.91. The molecule has 12 heteroatoms. The molecule has 0 radical (unpaired) electrons. The quantitative estimate of drug-likeness (QED) is 0.222. The smallest absolute Gasteiger partial charge is 0.345 e. The van der Waals surface area contributed by atoms with Crippen molar-refractivity contribution in [2.45, 2.75) is 11.3 Å². The Morgan fingerprint density at radius 3 is 2.16 bits per heavy atom. The number of halogens is 2. The van der Waals surface area contributed by atoms with Crippen molar-refractivity contribution >= 4 is 63.2 Å². The van der Waals surface area contributed by atoms with Crippen LogP contribution in [0.5, 0.6) is 0 Å². The first-order valence-electron chi connectivity index (χ1n) is 11.3. The van der Waals surface area contributed by atoms with Gasteiger partial charge < -0.3 is 15.1 Å². The molecule has 0 saturated carbocycles. The average molecular weight is 593 g/mol. The van der Waals surface area contributed by atoms with Crippen LogP contribution in [0.15, 0.2) is 89.8 Å². The molecular formula is C26H23Cl2N2O6PS. The zero-order chi connectivity index (χ0) is 27.5. The lowest BCUT2D eigenvalue weighted by atomic mass is 10.0. The SMILES string of the molecule is O=C(NCCc1ccccc1)c1cccc2c(N(CP(=O)(O)O)S(=O)(=O)c3cc(Cl)cc(Cl)c3)cccc12. The van der Waals surface area contributed by atoms with Gasteiger partial charge in [-0.15, -0.1) is 0 Å². The lowest BCUT2D eigenvalue weighted by Crippen LogP contribution is -2.32. The van der Waals surface area contributed by atoms with Crippen molar-refractivity contribution in [3.05, 3.63) is 106 Å². The maximum atomic E-state index is 13.6. The van der Waals surface area contributed by atoms with Gasteiger partial charge in [-0.2, -0.15) is 0 Å². The van der Waals surface area contributed by atoms with E-state index in [-0.39, 0.29) is 32.1 Å². The fourth-order valence-corrected chi connectivity index (χ4v) is 7.45. The highest BCUT2D eigenvalue weighted by atomic mass is 35.5. The summed E-state index contributed by atoms with van der Waals surface area (Å²) in [6, 6.07) is 22.6. The lowest BCUT2D eigenvalue weighted by molar-refractivity contribution is 0.0955. The highest BCUT2D eigenvalue weighted by Gasteiger charge is 2.33. The van der Waals surface area contributed by atoms with Gasteiger partial charge in [-0.1, -0.05) is 77.8 Å². The second-order valence-corrected chi connectivity index (χ2v) is 12.8. The van der Waals surface area contributed by atoms with E-state index in [0.29, 0.717) is 28.0 Å². The van der Waals surface area contributed by atoms with Crippen LogP contribution in [-0.4, -0.2) is 36.9 Å². The van der Waals surface area contributed by atoms with Gasteiger partial charge in [-0.25, -0.2) is 8.42 Å². The Morgan fingerprint density at radius 1 is 0.868 bits per heavy atom. The predicted octanol–water partition coefficient (Wildman–Crippen LogP) is 5.45. The van der Waals surface area contributed by atoms with Gasteiger partial charge in [0.25, 0.3) is 15.9 Å². The Kier molecular flexibility index (Phi) is 8.47. The predicted molar refractivity (Wildman–Crippen MR) is 149 cm³/mol. The fourth-order valence-electron chi connectivity index (χ4n) is 4.02. The number of carbonyl (C=O) groups excluding carboxylic acids is 1. The molecule has 0 heterocycles. The third-order valence-corrected chi connectivity index (χ3v) is 8.71. The summed E-state index contributed by atoms with van der Waals surface area (Å²) in [5.74, 6) is -0.366. The first kappa shape index (κ1) is 28.1. The number of benzene rings is 4. The van der Waals surface area contributed by atoms with Crippen LogP contribution in [0.25, 0.3) is 10.8 Å². The minimum Gasteiger partial charge on any atom is -0.352 e. The largest absolute Gasteiger partial charge is 0.352 e. The minimum atomic E-state index is -4.88. The summed E-state index contributed by atoms with van der Waals surface area (Å²) in [4.78, 5) is 32.2. The fraction of sp³-hybridized carbons (Fsp3) is 0.115. The minimum absolute atomic E-state index is 0.0131. The van der Waals surface area contributed by atoms with Crippen LogP contribution in [0.2, 0.25) is 10.0 Å². The molecule has 0 atom stereocenters. The molecule has 4 rings (SSSR count). The van der Waals surface area contributed by atoms with Crippen molar-refractivity contribution < 1.29 is 27.6 Å². The number of sulfonamides is 1. The van der Waals surface area contributed by atoms with Crippen molar-refractivity contribution in [3.63, 3.8) is 0 Å². The summed E-state index contributed by atoms with van der Waals surface area (Å²) in [5, 5.41) is 3.68. The van der Waals surface area contributed by atoms with Crippen LogP contribution in [0.4, 0.5) is 5.69 Å². The van der Waals surface area contributed by atoms with Crippen LogP contribution in [0.1, 0.15) is 15.9 Å². The first-order chi connectivity index (χ1) is 18.0. The molecule has 8 nitrogen and oxygen atoms in total. The number of nitrogens with one attached hydrogen (secondary N) is 1. The van der Waals surface area contributed by atoms with Crippen molar-refractivity contribution in [1.29, 1.82) is 0 Å². The van der Waals surface area contributed by atoms with Gasteiger partial charge in [0.15, 0.2) is 0 Å². The van der Waals surface area contributed by atoms with Crippen LogP contribution in [-0.2, 0) is 21.0 Å². The number of nitrogens with zero attached hydrogens (tertiary/aromatic N) is 1. The van der Waals surface area contributed by atoms with Gasteiger partial charge in [0.2, 0.25) is 0 Å². The molecule has 0 spiro atoms. The Balaban J connectivity index is 1.75. The summed E-state index contributed by atoms with van der Waals surface area (Å²) in [5.41, 5.74) is 1.34. The number of rotatable bonds is 9. The lowest BCUT2D eigenvalue weighted by Gasteiger charge is -2.26. The van der Waals surface area contributed by atoms with E-state index in [9.17, 15) is 27.6 Å². The van der Waals surface area contributed by atoms with E-state index in [1.807, 2.05) is 30.3 Å². The van der Waals surface area contributed by atoms with E-state index in [2.05, 4.69) is 5.32 Å². The van der Waals surface area contributed by atoms with E-state index in [1.165, 1.54) is 18.2 Å². The molecule has 3 N–H and O–H groups in total. The number of hydrogen-bond acceptors (Lipinski definition) is 4. The monoisotopic (exact) mass is 592 g/mol. The van der Waals surface area contributed by atoms with Gasteiger partial charge in [0, 0.05) is 27.5 Å². The van der Waals surface area contributed by atoms with Crippen molar-refractivity contribution in [2.75, 3.05) is 17.1 Å². The summed E-state index contributed by atoms with van der Waals surface area (Å²) < 4.78 is 39.9. The average Bonchev–Trinajstić information content (AvgIpc) is 2.86. The molecule has 0 unspecified atom stereocenters. The Labute approximate surface area is 230 Å². The molecule has 4 aromatic carbocycles. The second-order valence-electron chi connectivity index (χ2n) is 8.43. The first-order valence-corrected chi connectivity index (χ1v) is 15.3. The molecule has 0 aliphatic heterocycles. The molecule has 1 amide bonds. The number of amides is 1. The molecular weight excluding hydrogens is 570 g/mol. The Bertz CT molecular complexity index is 1620.